The molecule has 1 aromatic heterocycles. The summed E-state index contributed by atoms with van der Waals surface area (Å²) in [5, 5.41) is 8.79. The molecule has 0 radical (unpaired) electrons. The van der Waals surface area contributed by atoms with Crippen molar-refractivity contribution in [3.8, 4) is 0 Å². The number of nitrogens with zero attached hydrogens (tertiary/aromatic N) is 3. The van der Waals surface area contributed by atoms with E-state index in [-0.39, 0.29) is 5.60 Å². The molecule has 1 aliphatic rings. The summed E-state index contributed by atoms with van der Waals surface area (Å²) in [7, 11) is 0. The van der Waals surface area contributed by atoms with Crippen LogP contribution in [0.4, 0.5) is 0 Å². The topological polar surface area (TPSA) is 39.9 Å². The van der Waals surface area contributed by atoms with Crippen LogP contribution in [0.1, 0.15) is 71.2 Å². The largest absolute Gasteiger partial charge is 0.375 e. The van der Waals surface area contributed by atoms with Gasteiger partial charge >= 0.3 is 0 Å². The lowest BCUT2D eigenvalue weighted by molar-refractivity contribution is -0.0990. The van der Waals surface area contributed by atoms with Crippen molar-refractivity contribution in [3.05, 3.63) is 11.1 Å². The van der Waals surface area contributed by atoms with Gasteiger partial charge in [0.05, 0.1) is 5.60 Å². The fourth-order valence-electron chi connectivity index (χ4n) is 2.98. The van der Waals surface area contributed by atoms with Crippen LogP contribution in [0.25, 0.3) is 0 Å². The Labute approximate surface area is 120 Å². The Hall–Kier alpha value is -0.610. The fourth-order valence-corrected chi connectivity index (χ4v) is 3.24. The van der Waals surface area contributed by atoms with Crippen LogP contribution in [0.15, 0.2) is 0 Å². The van der Waals surface area contributed by atoms with E-state index >= 15 is 0 Å². The molecule has 19 heavy (non-hydrogen) atoms. The van der Waals surface area contributed by atoms with Crippen LogP contribution in [-0.4, -0.2) is 27.0 Å². The van der Waals surface area contributed by atoms with Gasteiger partial charge in [0.25, 0.3) is 0 Å². The third kappa shape index (κ3) is 2.79. The smallest absolute Gasteiger partial charge is 0.225 e. The molecule has 0 N–H and O–H groups in total. The molecule has 0 spiro atoms. The van der Waals surface area contributed by atoms with Crippen LogP contribution in [-0.2, 0) is 4.74 Å². The second-order valence-corrected chi connectivity index (χ2v) is 6.08. The second-order valence-electron chi connectivity index (χ2n) is 5.74. The van der Waals surface area contributed by atoms with E-state index in [4.69, 9.17) is 16.3 Å². The van der Waals surface area contributed by atoms with E-state index in [9.17, 15) is 0 Å². The Morgan fingerprint density at radius 2 is 2.05 bits per heavy atom. The average Bonchev–Trinajstić information content (AvgIpc) is 2.81. The molecule has 108 valence electrons. The normalized spacial score (nSPS) is 22.9. The van der Waals surface area contributed by atoms with Gasteiger partial charge in [-0.05, 0) is 37.3 Å². The predicted molar refractivity (Wildman–Crippen MR) is 76.7 cm³/mol. The molecule has 5 heteroatoms. The van der Waals surface area contributed by atoms with E-state index in [1.165, 1.54) is 0 Å². The molecule has 0 bridgehead atoms. The van der Waals surface area contributed by atoms with E-state index in [1.807, 2.05) is 0 Å². The molecule has 0 amide bonds. The minimum Gasteiger partial charge on any atom is -0.375 e. The third-order valence-electron chi connectivity index (χ3n) is 4.32. The van der Waals surface area contributed by atoms with Gasteiger partial charge in [-0.3, -0.25) is 4.57 Å². The highest BCUT2D eigenvalue weighted by Gasteiger charge is 2.37. The first-order chi connectivity index (χ1) is 9.03. The molecule has 4 nitrogen and oxygen atoms in total. The number of rotatable bonds is 4. The van der Waals surface area contributed by atoms with Crippen LogP contribution in [0, 0.1) is 0 Å². The minimum absolute atomic E-state index is 0.00916. The van der Waals surface area contributed by atoms with E-state index in [0.717, 1.165) is 38.1 Å². The van der Waals surface area contributed by atoms with Crippen molar-refractivity contribution in [3.63, 3.8) is 0 Å². The van der Waals surface area contributed by atoms with E-state index < -0.39 is 0 Å². The maximum absolute atomic E-state index is 6.25. The van der Waals surface area contributed by atoms with Crippen molar-refractivity contribution in [1.29, 1.82) is 0 Å². The van der Waals surface area contributed by atoms with Gasteiger partial charge in [-0.1, -0.05) is 27.7 Å². The summed E-state index contributed by atoms with van der Waals surface area (Å²) in [5.41, 5.74) is -0.00916. The Morgan fingerprint density at radius 1 is 1.37 bits per heavy atom. The van der Waals surface area contributed by atoms with Gasteiger partial charge in [0, 0.05) is 18.6 Å². The molecule has 0 aromatic carbocycles. The van der Waals surface area contributed by atoms with E-state index in [1.54, 1.807) is 0 Å². The maximum Gasteiger partial charge on any atom is 0.225 e. The molecule has 1 aliphatic heterocycles. The molecular weight excluding hydrogens is 262 g/mol. The quantitative estimate of drug-likeness (QED) is 0.840. The number of aromatic nitrogens is 3. The molecular formula is C14H24ClN3O. The van der Waals surface area contributed by atoms with Crippen LogP contribution in [0.2, 0.25) is 5.28 Å². The van der Waals surface area contributed by atoms with Gasteiger partial charge in [0.2, 0.25) is 5.28 Å². The van der Waals surface area contributed by atoms with Crippen LogP contribution in [0.3, 0.4) is 0 Å². The van der Waals surface area contributed by atoms with Crippen LogP contribution >= 0.6 is 11.6 Å². The van der Waals surface area contributed by atoms with Gasteiger partial charge in [0.1, 0.15) is 5.82 Å². The molecule has 0 aliphatic carbocycles. The first-order valence-electron chi connectivity index (χ1n) is 7.27. The van der Waals surface area contributed by atoms with Gasteiger partial charge in [-0.25, -0.2) is 0 Å². The van der Waals surface area contributed by atoms with Gasteiger partial charge < -0.3 is 4.74 Å². The summed E-state index contributed by atoms with van der Waals surface area (Å²) < 4.78 is 8.16. The first kappa shape index (κ1) is 14.8. The number of hydrogen-bond donors (Lipinski definition) is 0. The lowest BCUT2D eigenvalue weighted by Gasteiger charge is -2.40. The van der Waals surface area contributed by atoms with Crippen molar-refractivity contribution in [2.45, 2.75) is 70.9 Å². The van der Waals surface area contributed by atoms with Crippen LogP contribution < -0.4 is 0 Å². The number of ether oxygens (including phenoxy) is 1. The second kappa shape index (κ2) is 5.80. The Balaban J connectivity index is 2.29. The van der Waals surface area contributed by atoms with Crippen molar-refractivity contribution in [1.82, 2.24) is 14.8 Å². The van der Waals surface area contributed by atoms with Gasteiger partial charge in [-0.2, -0.15) is 0 Å². The van der Waals surface area contributed by atoms with Crippen molar-refractivity contribution in [2.24, 2.45) is 0 Å². The monoisotopic (exact) mass is 285 g/mol. The van der Waals surface area contributed by atoms with Crippen LogP contribution in [0.5, 0.6) is 0 Å². The van der Waals surface area contributed by atoms with E-state index in [0.29, 0.717) is 17.2 Å². The van der Waals surface area contributed by atoms with Crippen molar-refractivity contribution in [2.75, 3.05) is 6.61 Å². The highest BCUT2D eigenvalue weighted by Crippen LogP contribution is 2.39. The minimum atomic E-state index is -0.00916. The molecule has 2 heterocycles. The molecule has 1 unspecified atom stereocenters. The highest BCUT2D eigenvalue weighted by atomic mass is 35.5. The van der Waals surface area contributed by atoms with Gasteiger partial charge in [-0.15, -0.1) is 10.2 Å². The van der Waals surface area contributed by atoms with E-state index in [2.05, 4.69) is 42.5 Å². The Morgan fingerprint density at radius 3 is 2.63 bits per heavy atom. The maximum atomic E-state index is 6.25. The lowest BCUT2D eigenvalue weighted by Crippen LogP contribution is -2.40. The standard InChI is InChI=1S/C14H24ClN3O/c1-5-14(6-2)9-11(7-8-19-14)18-12(10(3)4)16-17-13(18)15/h10-11H,5-9H2,1-4H3. The zero-order valence-electron chi connectivity index (χ0n) is 12.3. The fraction of sp³-hybridized carbons (Fsp3) is 0.857. The summed E-state index contributed by atoms with van der Waals surface area (Å²) in [5.74, 6) is 1.32. The average molecular weight is 286 g/mol. The molecule has 0 saturated carbocycles. The zero-order valence-corrected chi connectivity index (χ0v) is 13.1. The Bertz CT molecular complexity index is 426. The lowest BCUT2D eigenvalue weighted by atomic mass is 9.85. The number of hydrogen-bond acceptors (Lipinski definition) is 3. The molecule has 2 rings (SSSR count). The molecule has 1 aromatic rings. The molecule has 1 fully saturated rings. The summed E-state index contributed by atoms with van der Waals surface area (Å²) in [6, 6.07) is 0.355. The van der Waals surface area contributed by atoms with Crippen molar-refractivity contribution >= 4 is 11.6 Å². The summed E-state index contributed by atoms with van der Waals surface area (Å²) in [6.45, 7) is 9.44. The summed E-state index contributed by atoms with van der Waals surface area (Å²) in [4.78, 5) is 0. The third-order valence-corrected chi connectivity index (χ3v) is 4.58. The predicted octanol–water partition coefficient (Wildman–Crippen LogP) is 3.97. The molecule has 1 atom stereocenters. The molecule has 1 saturated heterocycles. The highest BCUT2D eigenvalue weighted by molar-refractivity contribution is 6.28. The number of halogens is 1. The SMILES string of the molecule is CCC1(CC)CC(n2c(Cl)nnc2C(C)C)CCO1. The van der Waals surface area contributed by atoms with Crippen molar-refractivity contribution < 1.29 is 4.74 Å². The summed E-state index contributed by atoms with van der Waals surface area (Å²) in [6.07, 6.45) is 4.06. The van der Waals surface area contributed by atoms with Gasteiger partial charge in [0.15, 0.2) is 0 Å². The Kier molecular flexibility index (Phi) is 4.51. The zero-order chi connectivity index (χ0) is 14.0. The summed E-state index contributed by atoms with van der Waals surface area (Å²) >= 11 is 6.25. The first-order valence-corrected chi connectivity index (χ1v) is 7.65.